The van der Waals surface area contributed by atoms with Gasteiger partial charge in [-0.05, 0) is 74.9 Å². The number of methoxy groups -OCH3 is 2. The summed E-state index contributed by atoms with van der Waals surface area (Å²) in [4.78, 5) is 70.3. The second-order valence-electron chi connectivity index (χ2n) is 13.7. The molecule has 292 valence electrons. The van der Waals surface area contributed by atoms with E-state index in [0.717, 1.165) is 48.2 Å². The van der Waals surface area contributed by atoms with Crippen molar-refractivity contribution < 1.29 is 38.1 Å². The maximum absolute atomic E-state index is 13.5. The first-order valence-electron chi connectivity index (χ1n) is 18.5. The molecule has 0 aliphatic carbocycles. The molecule has 0 spiro atoms. The Hall–Kier alpha value is -6.58. The first-order chi connectivity index (χ1) is 27.2. The predicted molar refractivity (Wildman–Crippen MR) is 204 cm³/mol. The van der Waals surface area contributed by atoms with Crippen LogP contribution in [-0.4, -0.2) is 93.1 Å². The number of aromatic amines is 2. The number of carbonyl (C=O) groups excluding carboxylic acids is 4. The van der Waals surface area contributed by atoms with Crippen molar-refractivity contribution in [2.24, 2.45) is 0 Å². The van der Waals surface area contributed by atoms with E-state index in [-0.39, 0.29) is 36.7 Å². The van der Waals surface area contributed by atoms with Gasteiger partial charge in [0.2, 0.25) is 11.8 Å². The van der Waals surface area contributed by atoms with E-state index in [9.17, 15) is 19.2 Å². The Balaban J connectivity index is 1.03. The van der Waals surface area contributed by atoms with Crippen molar-refractivity contribution in [3.05, 3.63) is 85.8 Å². The molecule has 2 fully saturated rings. The van der Waals surface area contributed by atoms with Crippen LogP contribution in [0, 0.1) is 0 Å². The fourth-order valence-corrected chi connectivity index (χ4v) is 7.43. The van der Waals surface area contributed by atoms with Gasteiger partial charge in [-0.15, -0.1) is 13.2 Å². The Bertz CT molecular complexity index is 2000. The Labute approximate surface area is 323 Å². The van der Waals surface area contributed by atoms with Crippen LogP contribution in [0.3, 0.4) is 0 Å². The molecule has 4 amide bonds. The smallest absolute Gasteiger partial charge is 0.407 e. The van der Waals surface area contributed by atoms with Crippen LogP contribution in [0.2, 0.25) is 0 Å². The van der Waals surface area contributed by atoms with E-state index < -0.39 is 24.3 Å². The minimum Gasteiger partial charge on any atom is -0.453 e. The molecule has 0 bridgehead atoms. The molecule has 2 aromatic heterocycles. The summed E-state index contributed by atoms with van der Waals surface area (Å²) in [6.45, 7) is 8.53. The molecule has 16 heteroatoms. The highest BCUT2D eigenvalue weighted by molar-refractivity contribution is 5.87. The molecular weight excluding hydrogens is 720 g/mol. The monoisotopic (exact) mass is 764 g/mol. The summed E-state index contributed by atoms with van der Waals surface area (Å²) in [6, 6.07) is 9.08. The zero-order valence-electron chi connectivity index (χ0n) is 31.2. The molecule has 0 unspecified atom stereocenters. The van der Waals surface area contributed by atoms with Crippen LogP contribution < -0.4 is 20.1 Å². The van der Waals surface area contributed by atoms with Gasteiger partial charge in [0, 0.05) is 24.2 Å². The van der Waals surface area contributed by atoms with Crippen molar-refractivity contribution in [3.63, 3.8) is 0 Å². The van der Waals surface area contributed by atoms with Gasteiger partial charge in [-0.25, -0.2) is 19.6 Å². The molecule has 4 N–H and O–H groups in total. The van der Waals surface area contributed by atoms with Crippen molar-refractivity contribution in [1.29, 1.82) is 0 Å². The Morgan fingerprint density at radius 3 is 1.57 bits per heavy atom. The first-order valence-corrected chi connectivity index (χ1v) is 18.5. The number of amides is 4. The average molecular weight is 765 g/mol. The highest BCUT2D eigenvalue weighted by Crippen LogP contribution is 2.48. The number of carbonyl (C=O) groups is 4. The second kappa shape index (κ2) is 16.4. The van der Waals surface area contributed by atoms with E-state index in [1.165, 1.54) is 14.2 Å². The van der Waals surface area contributed by atoms with Crippen LogP contribution in [0.5, 0.6) is 23.0 Å². The maximum atomic E-state index is 13.5. The van der Waals surface area contributed by atoms with E-state index in [2.05, 4.69) is 43.7 Å². The van der Waals surface area contributed by atoms with Crippen LogP contribution in [0.4, 0.5) is 9.59 Å². The number of hydrogen-bond acceptors (Lipinski definition) is 10. The van der Waals surface area contributed by atoms with Gasteiger partial charge in [-0.2, -0.15) is 0 Å². The third-order valence-electron chi connectivity index (χ3n) is 10.2. The number of benzene rings is 2. The number of hydrogen-bond donors (Lipinski definition) is 4. The lowest BCUT2D eigenvalue weighted by atomic mass is 10.1. The van der Waals surface area contributed by atoms with Gasteiger partial charge in [0.1, 0.15) is 23.7 Å². The molecule has 3 aliphatic heterocycles. The van der Waals surface area contributed by atoms with Gasteiger partial charge < -0.3 is 49.3 Å². The highest BCUT2D eigenvalue weighted by atomic mass is 16.6. The molecule has 5 heterocycles. The minimum absolute atomic E-state index is 0.221. The van der Waals surface area contributed by atoms with Crippen LogP contribution in [0.1, 0.15) is 62.3 Å². The standard InChI is InChI=1S/C40H44N8O8/c1-5-9-25(45-39(51)53-3)37(49)47-17-7-11-29(47)35-41-21-27(43-35)23-13-15-31-33(19-23)55-32-16-14-24(20-34(32)56-31)28-22-42-36(44-28)30-12-8-18-48(30)38(50)26(10-6-2)46-40(52)54-4/h5-6,13-16,19-22,25-26,29-30H,1-2,7-12,17-18H2,3-4H3,(H,41,43)(H,42,44)(H,45,51)(H,46,52)/t25-,26-,29-,30-/m0/s1. The molecule has 4 atom stereocenters. The van der Waals surface area contributed by atoms with E-state index in [1.807, 2.05) is 36.4 Å². The van der Waals surface area contributed by atoms with E-state index in [1.54, 1.807) is 34.3 Å². The number of aromatic nitrogens is 4. The van der Waals surface area contributed by atoms with E-state index in [4.69, 9.17) is 18.9 Å². The Kier molecular flexibility index (Phi) is 11.1. The SMILES string of the molecule is C=CC[C@H](NC(=O)OC)C(=O)N1CCC[C@H]1c1ncc(-c2ccc3c(c2)Oc2ccc(-c4cnc([C@@H]5CCCN5C(=O)[C@H](CC=C)NC(=O)OC)[nH]4)cc2O3)[nH]1. The lowest BCUT2D eigenvalue weighted by Gasteiger charge is -2.27. The zero-order valence-corrected chi connectivity index (χ0v) is 31.2. The molecule has 0 saturated carbocycles. The van der Waals surface area contributed by atoms with Gasteiger partial charge >= 0.3 is 12.2 Å². The summed E-state index contributed by atoms with van der Waals surface area (Å²) in [7, 11) is 2.51. The summed E-state index contributed by atoms with van der Waals surface area (Å²) in [5, 5.41) is 5.22. The number of nitrogens with zero attached hydrogens (tertiary/aromatic N) is 4. The lowest BCUT2D eigenvalue weighted by molar-refractivity contribution is -0.135. The number of rotatable bonds is 12. The Morgan fingerprint density at radius 2 is 1.18 bits per heavy atom. The molecule has 2 aromatic carbocycles. The summed E-state index contributed by atoms with van der Waals surface area (Å²) in [5.74, 6) is 3.00. The van der Waals surface area contributed by atoms with Crippen molar-refractivity contribution >= 4 is 24.0 Å². The van der Waals surface area contributed by atoms with Gasteiger partial charge in [0.25, 0.3) is 0 Å². The zero-order chi connectivity index (χ0) is 39.3. The predicted octanol–water partition coefficient (Wildman–Crippen LogP) is 6.29. The normalized spacial score (nSPS) is 18.0. The highest BCUT2D eigenvalue weighted by Gasteiger charge is 2.37. The maximum Gasteiger partial charge on any atom is 0.407 e. The molecule has 0 radical (unpaired) electrons. The average Bonchev–Trinajstić information content (AvgIpc) is 4.05. The summed E-state index contributed by atoms with van der Waals surface area (Å²) in [5.41, 5.74) is 3.13. The van der Waals surface area contributed by atoms with Crippen LogP contribution in [0.25, 0.3) is 22.5 Å². The molecular formula is C40H44N8O8. The van der Waals surface area contributed by atoms with Crippen LogP contribution in [0.15, 0.2) is 74.1 Å². The fourth-order valence-electron chi connectivity index (χ4n) is 7.43. The van der Waals surface area contributed by atoms with Crippen molar-refractivity contribution in [2.75, 3.05) is 27.3 Å². The van der Waals surface area contributed by atoms with Crippen molar-refractivity contribution in [2.45, 2.75) is 62.7 Å². The van der Waals surface area contributed by atoms with E-state index >= 15 is 0 Å². The number of H-pyrrole nitrogens is 2. The summed E-state index contributed by atoms with van der Waals surface area (Å²) in [6.07, 6.45) is 8.88. The van der Waals surface area contributed by atoms with E-state index in [0.29, 0.717) is 47.7 Å². The minimum atomic E-state index is -0.788. The fraction of sp³-hybridized carbons (Fsp3) is 0.350. The number of imidazole rings is 2. The Morgan fingerprint density at radius 1 is 0.750 bits per heavy atom. The third-order valence-corrected chi connectivity index (χ3v) is 10.2. The van der Waals surface area contributed by atoms with Crippen LogP contribution >= 0.6 is 0 Å². The summed E-state index contributed by atoms with van der Waals surface area (Å²) < 4.78 is 22.0. The number of nitrogens with one attached hydrogen (secondary N) is 4. The molecule has 7 rings (SSSR count). The number of likely N-dealkylation sites (tertiary alicyclic amines) is 2. The van der Waals surface area contributed by atoms with Gasteiger partial charge in [0.05, 0.1) is 50.1 Å². The number of alkyl carbamates (subject to hydrolysis) is 2. The van der Waals surface area contributed by atoms with Crippen molar-refractivity contribution in [1.82, 2.24) is 40.4 Å². The van der Waals surface area contributed by atoms with Gasteiger partial charge in [0.15, 0.2) is 23.0 Å². The summed E-state index contributed by atoms with van der Waals surface area (Å²) >= 11 is 0. The molecule has 3 aliphatic rings. The quantitative estimate of drug-likeness (QED) is 0.105. The molecule has 16 nitrogen and oxygen atoms in total. The van der Waals surface area contributed by atoms with Gasteiger partial charge in [-0.1, -0.05) is 12.2 Å². The molecule has 56 heavy (non-hydrogen) atoms. The molecule has 2 saturated heterocycles. The third kappa shape index (κ3) is 7.67. The number of ether oxygens (including phenoxy) is 4. The molecule has 4 aromatic rings. The second-order valence-corrected chi connectivity index (χ2v) is 13.7. The first kappa shape index (κ1) is 37.7. The van der Waals surface area contributed by atoms with Gasteiger partial charge in [-0.3, -0.25) is 9.59 Å². The van der Waals surface area contributed by atoms with Crippen molar-refractivity contribution in [3.8, 4) is 45.5 Å². The largest absolute Gasteiger partial charge is 0.453 e. The van der Waals surface area contributed by atoms with Crippen LogP contribution in [-0.2, 0) is 19.1 Å². The lowest BCUT2D eigenvalue weighted by Crippen LogP contribution is -2.48. The number of fused-ring (bicyclic) bond motifs is 2. The topological polar surface area (TPSA) is 193 Å².